The summed E-state index contributed by atoms with van der Waals surface area (Å²) >= 11 is 0. The Morgan fingerprint density at radius 2 is 0.727 bits per heavy atom. The van der Waals surface area contributed by atoms with Crippen LogP contribution in [-0.4, -0.2) is 19.4 Å². The van der Waals surface area contributed by atoms with E-state index in [4.69, 9.17) is 29.7 Å². The molecule has 11 heavy (non-hydrogen) atoms. The molecule has 0 aromatic heterocycles. The van der Waals surface area contributed by atoms with Gasteiger partial charge in [-0.15, -0.1) is 0 Å². The minimum atomic E-state index is -0.500. The maximum atomic E-state index is 8.25. The van der Waals surface area contributed by atoms with Gasteiger partial charge in [0.1, 0.15) is 0 Å². The zero-order valence-electron chi connectivity index (χ0n) is 5.56. The largest absolute Gasteiger partial charge is 2.00 e. The number of carboxylic acid groups (broad SMARTS) is 3. The molecule has 1 radical (unpaired) electrons. The molecule has 8 heteroatoms. The Bertz CT molecular complexity index is 54.6. The van der Waals surface area contributed by atoms with Crippen LogP contribution in [0.15, 0.2) is 0 Å². The van der Waals surface area contributed by atoms with E-state index in [2.05, 4.69) is 0 Å². The van der Waals surface area contributed by atoms with Crippen LogP contribution >= 0.6 is 0 Å². The van der Waals surface area contributed by atoms with Crippen LogP contribution in [0.3, 0.4) is 0 Å². The van der Waals surface area contributed by atoms with Gasteiger partial charge in [-0.1, -0.05) is 0 Å². The van der Waals surface area contributed by atoms with Crippen LogP contribution < -0.4 is 66.7 Å². The summed E-state index contributed by atoms with van der Waals surface area (Å²) in [6, 6.07) is 0. The number of rotatable bonds is 0. The molecule has 0 heterocycles. The minimum Gasteiger partial charge on any atom is -0.554 e. The van der Waals surface area contributed by atoms with E-state index in [-0.39, 0.29) is 68.5 Å². The van der Waals surface area contributed by atoms with Gasteiger partial charge in [0.25, 0.3) is 0 Å². The Morgan fingerprint density at radius 3 is 0.727 bits per heavy atom. The third kappa shape index (κ3) is 2420. The normalized spacial score (nSPS) is 3.27. The molecule has 0 unspecified atom stereocenters. The van der Waals surface area contributed by atoms with E-state index in [1.807, 2.05) is 0 Å². The molecule has 0 aliphatic heterocycles. The van der Waals surface area contributed by atoms with Gasteiger partial charge in [-0.05, 0) is 0 Å². The summed E-state index contributed by atoms with van der Waals surface area (Å²) in [5.74, 6) is 0. The van der Waals surface area contributed by atoms with Gasteiger partial charge in [0, 0.05) is 19.4 Å². The topological polar surface area (TPSA) is 120 Å². The predicted molar refractivity (Wildman–Crippen MR) is 18.2 cm³/mol. The molecular weight excluding hydrogens is 226 g/mol. The maximum Gasteiger partial charge on any atom is 2.00 e. The van der Waals surface area contributed by atoms with Crippen molar-refractivity contribution >= 4 is 19.4 Å². The van der Waals surface area contributed by atoms with Crippen molar-refractivity contribution in [3.05, 3.63) is 0 Å². The number of hydrogen-bond donors (Lipinski definition) is 0. The fraction of sp³-hybridized carbons (Fsp3) is 0. The van der Waals surface area contributed by atoms with Gasteiger partial charge in [-0.25, -0.2) is 0 Å². The third-order valence-electron chi connectivity index (χ3n) is 0. The van der Waals surface area contributed by atoms with E-state index in [0.29, 0.717) is 0 Å². The zero-order valence-corrected chi connectivity index (χ0v) is 9.86. The molecule has 0 fully saturated rings. The van der Waals surface area contributed by atoms with Crippen molar-refractivity contribution in [1.82, 2.24) is 0 Å². The van der Waals surface area contributed by atoms with E-state index in [0.717, 1.165) is 0 Å². The average Bonchev–Trinajstić information content (AvgIpc) is 1.70. The summed E-state index contributed by atoms with van der Waals surface area (Å²) in [7, 11) is 0. The fourth-order valence-corrected chi connectivity index (χ4v) is 0. The number of carbonyl (C=O) groups excluding carboxylic acids is 3. The van der Waals surface area contributed by atoms with Gasteiger partial charge in [0.15, 0.2) is 0 Å². The van der Waals surface area contributed by atoms with Crippen molar-refractivity contribution in [2.24, 2.45) is 0 Å². The van der Waals surface area contributed by atoms with Crippen LogP contribution in [0, 0.1) is 0 Å². The maximum absolute atomic E-state index is 8.25. The first-order valence-corrected chi connectivity index (χ1v) is 1.41. The van der Waals surface area contributed by atoms with Crippen LogP contribution in [0.5, 0.6) is 0 Å². The molecule has 0 aliphatic carbocycles. The predicted octanol–water partition coefficient (Wildman–Crippen LogP) is -7.90. The molecule has 6 nitrogen and oxygen atoms in total. The molecule has 0 saturated heterocycles. The van der Waals surface area contributed by atoms with Gasteiger partial charge in [-0.3, -0.25) is 0 Å². The van der Waals surface area contributed by atoms with E-state index in [1.165, 1.54) is 0 Å². The monoisotopic (exact) mass is 229 g/mol. The second-order valence-corrected chi connectivity index (χ2v) is 0.289. The van der Waals surface area contributed by atoms with Crippen molar-refractivity contribution in [2.75, 3.05) is 0 Å². The molecule has 0 N–H and O–H groups in total. The summed E-state index contributed by atoms with van der Waals surface area (Å²) in [6.45, 7) is -1.50. The Morgan fingerprint density at radius 1 is 0.727 bits per heavy atom. The number of hydrogen-bond acceptors (Lipinski definition) is 6. The smallest absolute Gasteiger partial charge is 0.554 e. The summed E-state index contributed by atoms with van der Waals surface area (Å²) < 4.78 is 0. The van der Waals surface area contributed by atoms with Crippen molar-refractivity contribution in [3.8, 4) is 0 Å². The fourth-order valence-electron chi connectivity index (χ4n) is 0. The Kier molecular flexibility index (Phi) is 207. The molecule has 0 bridgehead atoms. The SMILES string of the molecule is O=C[O-].O=C[O-].O=C[O-].[K+].[Mn+2]. The summed E-state index contributed by atoms with van der Waals surface area (Å²) in [4.78, 5) is 24.8. The molecule has 0 amide bonds. The van der Waals surface area contributed by atoms with E-state index < -0.39 is 19.4 Å². The summed E-state index contributed by atoms with van der Waals surface area (Å²) in [5.41, 5.74) is 0. The molecule has 0 atom stereocenters. The second-order valence-electron chi connectivity index (χ2n) is 0.289. The third-order valence-corrected chi connectivity index (χ3v) is 0. The first-order valence-electron chi connectivity index (χ1n) is 1.41. The van der Waals surface area contributed by atoms with Crippen LogP contribution in [0.4, 0.5) is 0 Å². The Labute approximate surface area is 116 Å². The second kappa shape index (κ2) is 76.0. The van der Waals surface area contributed by atoms with Gasteiger partial charge < -0.3 is 29.7 Å². The van der Waals surface area contributed by atoms with Gasteiger partial charge in [0.05, 0.1) is 0 Å². The quantitative estimate of drug-likeness (QED) is 0.300. The molecule has 0 aromatic carbocycles. The van der Waals surface area contributed by atoms with E-state index in [1.54, 1.807) is 0 Å². The zero-order chi connectivity index (χ0) is 8.12. The van der Waals surface area contributed by atoms with Crippen molar-refractivity contribution < 1.29 is 98.2 Å². The number of carbonyl (C=O) groups is 3. The first kappa shape index (κ1) is 30.0. The van der Waals surface area contributed by atoms with Crippen molar-refractivity contribution in [2.45, 2.75) is 0 Å². The average molecular weight is 229 g/mol. The summed E-state index contributed by atoms with van der Waals surface area (Å²) in [5, 5.41) is 24.8. The van der Waals surface area contributed by atoms with Crippen LogP contribution in [0.25, 0.3) is 0 Å². The minimum absolute atomic E-state index is 0. The molecule has 0 saturated carbocycles. The van der Waals surface area contributed by atoms with Gasteiger partial charge >= 0.3 is 68.5 Å². The van der Waals surface area contributed by atoms with Crippen molar-refractivity contribution in [3.63, 3.8) is 0 Å². The van der Waals surface area contributed by atoms with Crippen LogP contribution in [-0.2, 0) is 31.5 Å². The van der Waals surface area contributed by atoms with Crippen molar-refractivity contribution in [1.29, 1.82) is 0 Å². The van der Waals surface area contributed by atoms with E-state index >= 15 is 0 Å². The van der Waals surface area contributed by atoms with Gasteiger partial charge in [0.2, 0.25) is 0 Å². The van der Waals surface area contributed by atoms with Crippen LogP contribution in [0.1, 0.15) is 0 Å². The summed E-state index contributed by atoms with van der Waals surface area (Å²) in [6.07, 6.45) is 0. The molecule has 0 aromatic rings. The van der Waals surface area contributed by atoms with Gasteiger partial charge in [-0.2, -0.15) is 0 Å². The molecule has 0 rings (SSSR count). The molecule has 0 aliphatic rings. The Balaban J connectivity index is -0.0000000150. The van der Waals surface area contributed by atoms with E-state index in [9.17, 15) is 0 Å². The molecule has 59 valence electrons. The Hall–Kier alpha value is 0.566. The standard InChI is InChI=1S/3CH2O2.K.Mn/c3*2-1-3;;/h3*1H,(H,2,3);;/q;;;+1;+2/p-3. The van der Waals surface area contributed by atoms with Crippen LogP contribution in [0.2, 0.25) is 0 Å². The molecular formula is C3H3KMnO6. The molecule has 0 spiro atoms. The first-order chi connectivity index (χ1) is 4.24.